The zero-order valence-corrected chi connectivity index (χ0v) is 18.6. The largest absolute Gasteiger partial charge is 3.00 e. The standard InChI is InChI=1S/C9H13.C5H5.C4H9.H3Si.Zr/c1-6-5-7(2)9(4)8(6)3;1-2-4-5-3-1;1-3-4-2;;/h6H,1-4H3;1-3H,4H2;1,3-4H2,2H3;1H3;/q3*-1;;+3. The summed E-state index contributed by atoms with van der Waals surface area (Å²) < 4.78 is 0. The minimum absolute atomic E-state index is 0. The van der Waals surface area contributed by atoms with Crippen LogP contribution in [0.2, 0.25) is 0 Å². The third-order valence-corrected chi connectivity index (χ3v) is 3.18. The average Bonchev–Trinajstić information content (AvgIpc) is 3.01. The van der Waals surface area contributed by atoms with E-state index in [9.17, 15) is 0 Å². The molecule has 2 radical (unpaired) electrons. The fraction of sp³-hybridized carbons (Fsp3) is 0.500. The maximum atomic E-state index is 3.60. The molecule has 2 rings (SSSR count). The Morgan fingerprint density at radius 3 is 1.95 bits per heavy atom. The Kier molecular flexibility index (Phi) is 19.3. The summed E-state index contributed by atoms with van der Waals surface area (Å²) in [7, 11) is 0. The molecule has 2 heteroatoms. The molecule has 0 bridgehead atoms. The minimum Gasteiger partial charge on any atom is -0.343 e. The Bertz CT molecular complexity index is 336. The fourth-order valence-corrected chi connectivity index (χ4v) is 1.50. The van der Waals surface area contributed by atoms with Crippen LogP contribution in [0.3, 0.4) is 0 Å². The van der Waals surface area contributed by atoms with Gasteiger partial charge >= 0.3 is 26.2 Å². The number of unbranched alkanes of at least 4 members (excludes halogenated alkanes) is 1. The number of hydrogen-bond donors (Lipinski definition) is 0. The molecule has 0 amide bonds. The van der Waals surface area contributed by atoms with E-state index in [4.69, 9.17) is 0 Å². The molecule has 0 N–H and O–H groups in total. The van der Waals surface area contributed by atoms with Gasteiger partial charge in [-0.2, -0.15) is 23.6 Å². The summed E-state index contributed by atoms with van der Waals surface area (Å²) in [6, 6.07) is 0. The molecule has 0 saturated carbocycles. The van der Waals surface area contributed by atoms with Crippen molar-refractivity contribution in [3.8, 4) is 0 Å². The van der Waals surface area contributed by atoms with Gasteiger partial charge in [-0.3, -0.25) is 12.2 Å². The molecule has 0 nitrogen and oxygen atoms in total. The quantitative estimate of drug-likeness (QED) is 0.475. The first-order valence-corrected chi connectivity index (χ1v) is 6.83. The molecule has 1 unspecified atom stereocenters. The van der Waals surface area contributed by atoms with Gasteiger partial charge < -0.3 is 6.92 Å². The van der Waals surface area contributed by atoms with Gasteiger partial charge in [0.1, 0.15) is 0 Å². The molecule has 0 saturated heterocycles. The van der Waals surface area contributed by atoms with Crippen LogP contribution in [0.15, 0.2) is 34.9 Å². The van der Waals surface area contributed by atoms with Crippen molar-refractivity contribution in [3.05, 3.63) is 54.0 Å². The van der Waals surface area contributed by atoms with E-state index in [0.717, 1.165) is 12.8 Å². The van der Waals surface area contributed by atoms with Crippen molar-refractivity contribution in [2.75, 3.05) is 0 Å². The number of allylic oxidation sites excluding steroid dienone is 8. The van der Waals surface area contributed by atoms with Crippen LogP contribution in [0.5, 0.6) is 0 Å². The Hall–Kier alpha value is 0.0600. The van der Waals surface area contributed by atoms with E-state index in [-0.39, 0.29) is 37.2 Å². The molecule has 2 aliphatic rings. The topological polar surface area (TPSA) is 0 Å². The zero-order valence-electron chi connectivity index (χ0n) is 14.1. The van der Waals surface area contributed by atoms with Crippen molar-refractivity contribution in [2.45, 2.75) is 53.9 Å². The normalized spacial score (nSPS) is 18.1. The molecular weight excluding hydrogens is 336 g/mol. The summed E-state index contributed by atoms with van der Waals surface area (Å²) in [6.07, 6.45) is 15.6. The Morgan fingerprint density at radius 1 is 1.30 bits per heavy atom. The zero-order chi connectivity index (χ0) is 14.0. The SMILES string of the molecule is CC1=[C-]C(C)C(C)=C1C.[C-]1=CC=CC1.[CH2-]CCC.[SiH3].[Zr+3]. The fourth-order valence-electron chi connectivity index (χ4n) is 1.50. The summed E-state index contributed by atoms with van der Waals surface area (Å²) in [5, 5.41) is 0. The molecule has 0 fully saturated rings. The first-order chi connectivity index (χ1) is 8.54. The van der Waals surface area contributed by atoms with E-state index in [0.29, 0.717) is 5.92 Å². The summed E-state index contributed by atoms with van der Waals surface area (Å²) in [4.78, 5) is 0. The van der Waals surface area contributed by atoms with Gasteiger partial charge in [-0.05, 0) is 11.0 Å². The molecule has 0 aromatic rings. The van der Waals surface area contributed by atoms with Crippen LogP contribution in [-0.4, -0.2) is 11.0 Å². The van der Waals surface area contributed by atoms with Gasteiger partial charge in [-0.1, -0.05) is 40.0 Å². The van der Waals surface area contributed by atoms with E-state index in [1.165, 1.54) is 23.1 Å². The van der Waals surface area contributed by atoms with E-state index in [1.807, 2.05) is 12.2 Å². The third kappa shape index (κ3) is 10.8. The molecule has 0 aromatic heterocycles. The third-order valence-electron chi connectivity index (χ3n) is 3.18. The smallest absolute Gasteiger partial charge is 0.343 e. The second-order valence-corrected chi connectivity index (χ2v) is 4.66. The monoisotopic (exact) mass is 364 g/mol. The maximum Gasteiger partial charge on any atom is 3.00 e. The molecule has 1 atom stereocenters. The first-order valence-electron chi connectivity index (χ1n) is 6.83. The molecule has 20 heavy (non-hydrogen) atoms. The number of hydrogen-bond acceptors (Lipinski definition) is 0. The average molecular weight is 366 g/mol. The van der Waals surface area contributed by atoms with Crippen molar-refractivity contribution in [1.82, 2.24) is 0 Å². The minimum atomic E-state index is 0. The summed E-state index contributed by atoms with van der Waals surface area (Å²) in [5.41, 5.74) is 4.25. The molecule has 0 heterocycles. The van der Waals surface area contributed by atoms with Crippen molar-refractivity contribution in [1.29, 1.82) is 0 Å². The molecule has 0 spiro atoms. The van der Waals surface area contributed by atoms with Gasteiger partial charge in [0.15, 0.2) is 0 Å². The first kappa shape index (κ1) is 25.0. The summed E-state index contributed by atoms with van der Waals surface area (Å²) >= 11 is 0. The van der Waals surface area contributed by atoms with Crippen LogP contribution in [0.25, 0.3) is 0 Å². The van der Waals surface area contributed by atoms with Crippen molar-refractivity contribution in [2.24, 2.45) is 5.92 Å². The van der Waals surface area contributed by atoms with Crippen LogP contribution in [-0.2, 0) is 26.2 Å². The van der Waals surface area contributed by atoms with Gasteiger partial charge in [0.05, 0.1) is 0 Å². The van der Waals surface area contributed by atoms with Crippen LogP contribution in [0.4, 0.5) is 0 Å². The maximum absolute atomic E-state index is 3.60. The predicted molar refractivity (Wildman–Crippen MR) is 91.7 cm³/mol. The van der Waals surface area contributed by atoms with E-state index >= 15 is 0 Å². The summed E-state index contributed by atoms with van der Waals surface area (Å²) in [5.74, 6) is 0.560. The molecular formula is C18H30SiZr. The Balaban J connectivity index is -0.000000228. The van der Waals surface area contributed by atoms with Gasteiger partial charge in [0, 0.05) is 0 Å². The van der Waals surface area contributed by atoms with Gasteiger partial charge in [-0.25, -0.2) is 17.7 Å². The molecule has 110 valence electrons. The van der Waals surface area contributed by atoms with E-state index in [1.54, 1.807) is 0 Å². The Labute approximate surface area is 150 Å². The second kappa shape index (κ2) is 15.4. The van der Waals surface area contributed by atoms with Crippen molar-refractivity contribution >= 4 is 11.0 Å². The van der Waals surface area contributed by atoms with E-state index < -0.39 is 0 Å². The van der Waals surface area contributed by atoms with Gasteiger partial charge in [0.25, 0.3) is 0 Å². The van der Waals surface area contributed by atoms with Crippen molar-refractivity contribution < 1.29 is 26.2 Å². The van der Waals surface area contributed by atoms with Crippen LogP contribution in [0.1, 0.15) is 53.9 Å². The predicted octanol–water partition coefficient (Wildman–Crippen LogP) is 4.46. The van der Waals surface area contributed by atoms with Gasteiger partial charge in [0.2, 0.25) is 0 Å². The van der Waals surface area contributed by atoms with Crippen molar-refractivity contribution in [3.63, 3.8) is 0 Å². The number of rotatable bonds is 1. The molecule has 0 aromatic carbocycles. The Morgan fingerprint density at radius 2 is 1.85 bits per heavy atom. The summed E-state index contributed by atoms with van der Waals surface area (Å²) in [6.45, 7) is 14.4. The molecule has 0 aliphatic heterocycles. The van der Waals surface area contributed by atoms with E-state index in [2.05, 4.69) is 59.8 Å². The second-order valence-electron chi connectivity index (χ2n) is 4.66. The molecule has 2 aliphatic carbocycles. The van der Waals surface area contributed by atoms with Gasteiger partial charge in [-0.15, -0.1) is 13.3 Å². The van der Waals surface area contributed by atoms with Crippen LogP contribution < -0.4 is 0 Å². The van der Waals surface area contributed by atoms with Crippen LogP contribution >= 0.6 is 0 Å². The van der Waals surface area contributed by atoms with Crippen LogP contribution in [0, 0.1) is 25.0 Å².